The van der Waals surface area contributed by atoms with Gasteiger partial charge in [-0.3, -0.25) is 9.30 Å². The molecule has 4 aromatic rings. The fourth-order valence-electron chi connectivity index (χ4n) is 3.94. The number of nitrogen functional groups attached to an aromatic ring is 1. The Morgan fingerprint density at radius 1 is 1.16 bits per heavy atom. The Labute approximate surface area is 183 Å². The van der Waals surface area contributed by atoms with E-state index in [1.165, 1.54) is 6.07 Å². The molecule has 0 saturated carbocycles. The lowest BCUT2D eigenvalue weighted by Crippen LogP contribution is -2.39. The number of imidazole rings is 1. The molecule has 31 heavy (non-hydrogen) atoms. The third-order valence-corrected chi connectivity index (χ3v) is 5.84. The van der Waals surface area contributed by atoms with Crippen LogP contribution in [0, 0.1) is 5.82 Å². The number of anilines is 2. The molecule has 7 nitrogen and oxygen atoms in total. The molecule has 0 aliphatic carbocycles. The van der Waals surface area contributed by atoms with E-state index >= 15 is 0 Å². The Morgan fingerprint density at radius 3 is 2.81 bits per heavy atom. The van der Waals surface area contributed by atoms with Gasteiger partial charge in [-0.15, -0.1) is 0 Å². The molecular formula is C22H22ClFN6O. The predicted octanol–water partition coefficient (Wildman–Crippen LogP) is 3.67. The van der Waals surface area contributed by atoms with Crippen LogP contribution >= 0.6 is 11.6 Å². The van der Waals surface area contributed by atoms with Gasteiger partial charge in [0.15, 0.2) is 0 Å². The summed E-state index contributed by atoms with van der Waals surface area (Å²) < 4.78 is 21.9. The lowest BCUT2D eigenvalue weighted by molar-refractivity contribution is 0.0398. The summed E-state index contributed by atoms with van der Waals surface area (Å²) in [6, 6.07) is 10.4. The van der Waals surface area contributed by atoms with Gasteiger partial charge < -0.3 is 15.8 Å². The highest BCUT2D eigenvalue weighted by Crippen LogP contribution is 2.33. The van der Waals surface area contributed by atoms with Crippen molar-refractivity contribution in [1.82, 2.24) is 19.3 Å². The molecule has 0 unspecified atom stereocenters. The lowest BCUT2D eigenvalue weighted by atomic mass is 10.2. The second-order valence-electron chi connectivity index (χ2n) is 7.48. The molecule has 2 aromatic heterocycles. The fraction of sp³-hybridized carbons (Fsp3) is 0.273. The minimum Gasteiger partial charge on any atom is -0.384 e. The number of hydrogen-bond acceptors (Lipinski definition) is 6. The van der Waals surface area contributed by atoms with Gasteiger partial charge in [0, 0.05) is 31.9 Å². The Kier molecular flexibility index (Phi) is 5.35. The third-order valence-electron chi connectivity index (χ3n) is 5.53. The second-order valence-corrected chi connectivity index (χ2v) is 7.89. The first kappa shape index (κ1) is 20.0. The van der Waals surface area contributed by atoms with Crippen LogP contribution in [0.3, 0.4) is 0 Å². The normalized spacial score (nSPS) is 15.0. The number of fused-ring (bicyclic) bond motifs is 3. The standard InChI is InChI=1S/C22H22ClFN6O/c23-15-2-1-3-16(24)20(15)22-27-13-19-21(25)28-17-5-4-14(12-18(17)30(19)22)26-6-7-29-8-10-31-11-9-29/h1-5,12-13,26H,6-11H2,(H2,25,28). The van der Waals surface area contributed by atoms with Gasteiger partial charge in [-0.2, -0.15) is 0 Å². The number of hydrogen-bond donors (Lipinski definition) is 2. The van der Waals surface area contributed by atoms with Crippen LogP contribution in [0.5, 0.6) is 0 Å². The van der Waals surface area contributed by atoms with E-state index in [0.717, 1.165) is 50.6 Å². The van der Waals surface area contributed by atoms with Gasteiger partial charge in [0.25, 0.3) is 0 Å². The van der Waals surface area contributed by atoms with Crippen molar-refractivity contribution in [3.63, 3.8) is 0 Å². The number of halogens is 2. The van der Waals surface area contributed by atoms with E-state index in [4.69, 9.17) is 22.1 Å². The average Bonchev–Trinajstić information content (AvgIpc) is 3.21. The maximum absolute atomic E-state index is 14.7. The van der Waals surface area contributed by atoms with Crippen molar-refractivity contribution < 1.29 is 9.13 Å². The summed E-state index contributed by atoms with van der Waals surface area (Å²) in [5.41, 5.74) is 9.40. The van der Waals surface area contributed by atoms with E-state index in [0.29, 0.717) is 22.7 Å². The van der Waals surface area contributed by atoms with Crippen LogP contribution in [0.4, 0.5) is 15.9 Å². The molecule has 5 rings (SSSR count). The van der Waals surface area contributed by atoms with E-state index in [9.17, 15) is 4.39 Å². The van der Waals surface area contributed by atoms with E-state index in [-0.39, 0.29) is 10.6 Å². The van der Waals surface area contributed by atoms with Crippen LogP contribution in [-0.4, -0.2) is 58.7 Å². The van der Waals surface area contributed by atoms with Crippen molar-refractivity contribution in [2.75, 3.05) is 50.4 Å². The van der Waals surface area contributed by atoms with Crippen molar-refractivity contribution in [1.29, 1.82) is 0 Å². The van der Waals surface area contributed by atoms with E-state index in [1.807, 2.05) is 22.6 Å². The maximum atomic E-state index is 14.7. The van der Waals surface area contributed by atoms with Crippen molar-refractivity contribution in [3.8, 4) is 11.4 Å². The Bertz CT molecular complexity index is 1230. The smallest absolute Gasteiger partial charge is 0.150 e. The summed E-state index contributed by atoms with van der Waals surface area (Å²) in [6.07, 6.45) is 1.60. The second kappa shape index (κ2) is 8.30. The molecule has 1 fully saturated rings. The summed E-state index contributed by atoms with van der Waals surface area (Å²) in [6.45, 7) is 5.19. The zero-order valence-electron chi connectivity index (χ0n) is 16.8. The maximum Gasteiger partial charge on any atom is 0.150 e. The summed E-state index contributed by atoms with van der Waals surface area (Å²) in [4.78, 5) is 11.3. The highest BCUT2D eigenvalue weighted by atomic mass is 35.5. The molecule has 1 saturated heterocycles. The first-order valence-electron chi connectivity index (χ1n) is 10.2. The summed E-state index contributed by atoms with van der Waals surface area (Å²) in [7, 11) is 0. The lowest BCUT2D eigenvalue weighted by Gasteiger charge is -2.26. The van der Waals surface area contributed by atoms with Crippen LogP contribution in [-0.2, 0) is 4.74 Å². The van der Waals surface area contributed by atoms with Gasteiger partial charge in [-0.25, -0.2) is 14.4 Å². The number of benzene rings is 2. The first-order chi connectivity index (χ1) is 15.1. The SMILES string of the molecule is Nc1nc2ccc(NCCN3CCOCC3)cc2n2c(-c3c(F)cccc3Cl)ncc12. The molecule has 3 N–H and O–H groups in total. The number of morpholine rings is 1. The Morgan fingerprint density at radius 2 is 2.00 bits per heavy atom. The van der Waals surface area contributed by atoms with Crippen molar-refractivity contribution in [2.45, 2.75) is 0 Å². The predicted molar refractivity (Wildman–Crippen MR) is 121 cm³/mol. The molecule has 0 bridgehead atoms. The van der Waals surface area contributed by atoms with Gasteiger partial charge in [0.2, 0.25) is 0 Å². The molecule has 2 aromatic carbocycles. The highest BCUT2D eigenvalue weighted by molar-refractivity contribution is 6.33. The molecule has 9 heteroatoms. The summed E-state index contributed by atoms with van der Waals surface area (Å²) >= 11 is 6.32. The van der Waals surface area contributed by atoms with Crippen molar-refractivity contribution in [2.24, 2.45) is 0 Å². The largest absolute Gasteiger partial charge is 0.384 e. The zero-order valence-corrected chi connectivity index (χ0v) is 17.6. The van der Waals surface area contributed by atoms with Crippen molar-refractivity contribution in [3.05, 3.63) is 53.4 Å². The number of ether oxygens (including phenoxy) is 1. The molecule has 1 aliphatic heterocycles. The molecule has 0 radical (unpaired) electrons. The molecule has 3 heterocycles. The molecule has 0 atom stereocenters. The Hall–Kier alpha value is -2.94. The summed E-state index contributed by atoms with van der Waals surface area (Å²) in [5, 5.41) is 3.75. The zero-order chi connectivity index (χ0) is 21.4. The molecule has 160 valence electrons. The van der Waals surface area contributed by atoms with Gasteiger partial charge in [-0.1, -0.05) is 17.7 Å². The topological polar surface area (TPSA) is 80.7 Å². The Balaban J connectivity index is 1.54. The molecule has 0 spiro atoms. The van der Waals surface area contributed by atoms with Gasteiger partial charge >= 0.3 is 0 Å². The van der Waals surface area contributed by atoms with Gasteiger partial charge in [-0.05, 0) is 30.3 Å². The minimum atomic E-state index is -0.441. The highest BCUT2D eigenvalue weighted by Gasteiger charge is 2.19. The molecule has 0 amide bonds. The number of nitrogens with one attached hydrogen (secondary N) is 1. The van der Waals surface area contributed by atoms with Crippen molar-refractivity contribution >= 4 is 39.7 Å². The number of rotatable bonds is 5. The quantitative estimate of drug-likeness (QED) is 0.493. The van der Waals surface area contributed by atoms with Crippen LogP contribution in [0.1, 0.15) is 0 Å². The van der Waals surface area contributed by atoms with Crippen LogP contribution in [0.25, 0.3) is 27.9 Å². The van der Waals surface area contributed by atoms with Crippen LogP contribution < -0.4 is 11.1 Å². The van der Waals surface area contributed by atoms with E-state index < -0.39 is 5.82 Å². The first-order valence-corrected chi connectivity index (χ1v) is 10.5. The van der Waals surface area contributed by atoms with Gasteiger partial charge in [0.1, 0.15) is 23.0 Å². The summed E-state index contributed by atoms with van der Waals surface area (Å²) in [5.74, 6) is 0.276. The number of nitrogens with two attached hydrogens (primary N) is 1. The molecular weight excluding hydrogens is 419 g/mol. The van der Waals surface area contributed by atoms with Gasteiger partial charge in [0.05, 0.1) is 41.0 Å². The van der Waals surface area contributed by atoms with Crippen LogP contribution in [0.2, 0.25) is 5.02 Å². The molecule has 1 aliphatic rings. The third kappa shape index (κ3) is 3.78. The number of nitrogens with zero attached hydrogens (tertiary/aromatic N) is 4. The minimum absolute atomic E-state index is 0.238. The van der Waals surface area contributed by atoms with E-state index in [2.05, 4.69) is 20.2 Å². The average molecular weight is 441 g/mol. The fourth-order valence-corrected chi connectivity index (χ4v) is 4.19. The van der Waals surface area contributed by atoms with E-state index in [1.54, 1.807) is 18.3 Å². The monoisotopic (exact) mass is 440 g/mol. The number of aromatic nitrogens is 3. The van der Waals surface area contributed by atoms with Crippen LogP contribution in [0.15, 0.2) is 42.6 Å².